The second-order valence-corrected chi connectivity index (χ2v) is 5.84. The molecule has 0 spiro atoms. The van der Waals surface area contributed by atoms with Gasteiger partial charge < -0.3 is 10.6 Å². The van der Waals surface area contributed by atoms with E-state index in [-0.39, 0.29) is 0 Å². The van der Waals surface area contributed by atoms with E-state index >= 15 is 0 Å². The van der Waals surface area contributed by atoms with E-state index in [9.17, 15) is 0 Å². The van der Waals surface area contributed by atoms with Crippen molar-refractivity contribution in [2.75, 3.05) is 13.6 Å². The summed E-state index contributed by atoms with van der Waals surface area (Å²) >= 11 is 0. The molecule has 0 aromatic heterocycles. The number of nitrogens with zero attached hydrogens (tertiary/aromatic N) is 1. The largest absolute Gasteiger partial charge is 0.399 e. The van der Waals surface area contributed by atoms with Gasteiger partial charge in [0.1, 0.15) is 0 Å². The standard InChI is InChI=1S/C16H30N2/c1-7-8-11-16(4,5)12-13-18(6)15(3)10-9-14(2)17/h9-10H,2-3,7-8,11-13,17H2,1,4-6H3/b10-9-. The number of hydrogen-bond donors (Lipinski definition) is 1. The summed E-state index contributed by atoms with van der Waals surface area (Å²) in [6.45, 7) is 15.6. The molecule has 0 aliphatic carbocycles. The maximum absolute atomic E-state index is 5.50. The summed E-state index contributed by atoms with van der Waals surface area (Å²) in [5.41, 5.74) is 7.45. The lowest BCUT2D eigenvalue weighted by Gasteiger charge is -2.28. The van der Waals surface area contributed by atoms with E-state index in [1.165, 1.54) is 25.7 Å². The van der Waals surface area contributed by atoms with Gasteiger partial charge in [-0.05, 0) is 30.4 Å². The van der Waals surface area contributed by atoms with Gasteiger partial charge >= 0.3 is 0 Å². The molecule has 0 aliphatic heterocycles. The minimum atomic E-state index is 0.408. The fourth-order valence-corrected chi connectivity index (χ4v) is 1.72. The van der Waals surface area contributed by atoms with E-state index in [0.717, 1.165) is 12.2 Å². The van der Waals surface area contributed by atoms with Crippen LogP contribution in [0.3, 0.4) is 0 Å². The van der Waals surface area contributed by atoms with Gasteiger partial charge in [0.2, 0.25) is 0 Å². The van der Waals surface area contributed by atoms with E-state index in [1.807, 2.05) is 6.08 Å². The van der Waals surface area contributed by atoms with Crippen LogP contribution in [0.4, 0.5) is 0 Å². The Morgan fingerprint density at radius 2 is 1.83 bits per heavy atom. The second-order valence-electron chi connectivity index (χ2n) is 5.84. The summed E-state index contributed by atoms with van der Waals surface area (Å²) in [5, 5.41) is 0. The molecule has 0 bridgehead atoms. The molecule has 18 heavy (non-hydrogen) atoms. The number of nitrogens with two attached hydrogens (primary N) is 1. The Balaban J connectivity index is 4.12. The molecule has 0 saturated carbocycles. The van der Waals surface area contributed by atoms with Crippen LogP contribution in [-0.4, -0.2) is 18.5 Å². The highest BCUT2D eigenvalue weighted by molar-refractivity contribution is 5.21. The zero-order valence-electron chi connectivity index (χ0n) is 12.6. The summed E-state index contributed by atoms with van der Waals surface area (Å²) in [5.74, 6) is 0. The van der Waals surface area contributed by atoms with Crippen molar-refractivity contribution in [2.24, 2.45) is 11.1 Å². The van der Waals surface area contributed by atoms with Gasteiger partial charge in [0.25, 0.3) is 0 Å². The first kappa shape index (κ1) is 16.8. The molecule has 0 saturated heterocycles. The molecule has 0 heterocycles. The van der Waals surface area contributed by atoms with E-state index in [2.05, 4.69) is 45.9 Å². The van der Waals surface area contributed by atoms with Gasteiger partial charge in [-0.25, -0.2) is 0 Å². The Hall–Kier alpha value is -1.18. The lowest BCUT2D eigenvalue weighted by atomic mass is 9.84. The highest BCUT2D eigenvalue weighted by Crippen LogP contribution is 2.27. The predicted molar refractivity (Wildman–Crippen MR) is 82.2 cm³/mol. The molecule has 0 radical (unpaired) electrons. The predicted octanol–water partition coefficient (Wildman–Crippen LogP) is 4.07. The fraction of sp³-hybridized carbons (Fsp3) is 0.625. The first-order valence-electron chi connectivity index (χ1n) is 6.81. The molecule has 2 N–H and O–H groups in total. The zero-order valence-corrected chi connectivity index (χ0v) is 12.6. The highest BCUT2D eigenvalue weighted by Gasteiger charge is 2.17. The van der Waals surface area contributed by atoms with Gasteiger partial charge in [-0.2, -0.15) is 0 Å². The van der Waals surface area contributed by atoms with Crippen LogP contribution in [-0.2, 0) is 0 Å². The van der Waals surface area contributed by atoms with E-state index in [4.69, 9.17) is 5.73 Å². The number of likely N-dealkylation sites (N-methyl/N-ethyl adjacent to an activating group) is 1. The van der Waals surface area contributed by atoms with E-state index < -0.39 is 0 Å². The van der Waals surface area contributed by atoms with Gasteiger partial charge in [-0.3, -0.25) is 0 Å². The number of rotatable bonds is 9. The summed E-state index contributed by atoms with van der Waals surface area (Å²) in [6, 6.07) is 0. The molecule has 2 nitrogen and oxygen atoms in total. The summed E-state index contributed by atoms with van der Waals surface area (Å²) in [7, 11) is 2.07. The van der Waals surface area contributed by atoms with Crippen LogP contribution in [0.5, 0.6) is 0 Å². The molecule has 2 heteroatoms. The topological polar surface area (TPSA) is 29.3 Å². The molecule has 104 valence electrons. The highest BCUT2D eigenvalue weighted by atomic mass is 15.1. The molecule has 0 atom stereocenters. The van der Waals surface area contributed by atoms with Crippen LogP contribution >= 0.6 is 0 Å². The van der Waals surface area contributed by atoms with Crippen molar-refractivity contribution < 1.29 is 0 Å². The summed E-state index contributed by atoms with van der Waals surface area (Å²) < 4.78 is 0. The average molecular weight is 250 g/mol. The van der Waals surface area contributed by atoms with E-state index in [0.29, 0.717) is 11.1 Å². The first-order valence-corrected chi connectivity index (χ1v) is 6.81. The minimum Gasteiger partial charge on any atom is -0.399 e. The molecule has 0 aromatic rings. The maximum atomic E-state index is 5.50. The van der Waals surface area contributed by atoms with Crippen LogP contribution in [0.1, 0.15) is 46.5 Å². The van der Waals surface area contributed by atoms with Crippen LogP contribution in [0.2, 0.25) is 0 Å². The van der Waals surface area contributed by atoms with Crippen molar-refractivity contribution in [3.63, 3.8) is 0 Å². The normalized spacial score (nSPS) is 11.8. The number of allylic oxidation sites excluding steroid dienone is 2. The van der Waals surface area contributed by atoms with Crippen molar-refractivity contribution in [1.82, 2.24) is 4.90 Å². The van der Waals surface area contributed by atoms with Gasteiger partial charge in [-0.1, -0.05) is 46.8 Å². The second kappa shape index (κ2) is 8.02. The summed E-state index contributed by atoms with van der Waals surface area (Å²) in [4.78, 5) is 2.17. The van der Waals surface area contributed by atoms with Crippen molar-refractivity contribution in [2.45, 2.75) is 46.5 Å². The Labute approximate surface area is 113 Å². The molecule has 0 fully saturated rings. The Kier molecular flexibility index (Phi) is 7.49. The van der Waals surface area contributed by atoms with Crippen LogP contribution in [0.25, 0.3) is 0 Å². The number of hydrogen-bond acceptors (Lipinski definition) is 2. The van der Waals surface area contributed by atoms with Gasteiger partial charge in [-0.15, -0.1) is 0 Å². The Bertz CT molecular complexity index is 300. The van der Waals surface area contributed by atoms with Crippen molar-refractivity contribution in [3.8, 4) is 0 Å². The van der Waals surface area contributed by atoms with Crippen LogP contribution in [0, 0.1) is 5.41 Å². The fourth-order valence-electron chi connectivity index (χ4n) is 1.72. The van der Waals surface area contributed by atoms with Crippen LogP contribution in [0.15, 0.2) is 36.7 Å². The summed E-state index contributed by atoms with van der Waals surface area (Å²) in [6.07, 6.45) is 8.76. The molecule has 0 amide bonds. The van der Waals surface area contributed by atoms with Crippen molar-refractivity contribution >= 4 is 0 Å². The van der Waals surface area contributed by atoms with Gasteiger partial charge in [0.05, 0.1) is 0 Å². The van der Waals surface area contributed by atoms with Gasteiger partial charge in [0, 0.05) is 25.0 Å². The zero-order chi connectivity index (χ0) is 14.2. The SMILES string of the molecule is C=C(N)/C=C\C(=C)N(C)CCC(C)(C)CCCC. The molecular formula is C16H30N2. The average Bonchev–Trinajstić information content (AvgIpc) is 2.30. The van der Waals surface area contributed by atoms with Crippen molar-refractivity contribution in [3.05, 3.63) is 36.7 Å². The molecule has 0 aliphatic rings. The van der Waals surface area contributed by atoms with Gasteiger partial charge in [0.15, 0.2) is 0 Å². The maximum Gasteiger partial charge on any atom is 0.0291 e. The first-order chi connectivity index (χ1) is 8.28. The Morgan fingerprint density at radius 1 is 1.22 bits per heavy atom. The van der Waals surface area contributed by atoms with E-state index in [1.54, 1.807) is 6.08 Å². The third kappa shape index (κ3) is 7.99. The minimum absolute atomic E-state index is 0.408. The molecule has 0 unspecified atom stereocenters. The third-order valence-corrected chi connectivity index (χ3v) is 3.31. The molecule has 0 rings (SSSR count). The molecular weight excluding hydrogens is 220 g/mol. The quantitative estimate of drug-likeness (QED) is 0.625. The van der Waals surface area contributed by atoms with Crippen LogP contribution < -0.4 is 5.73 Å². The third-order valence-electron chi connectivity index (χ3n) is 3.31. The van der Waals surface area contributed by atoms with Crippen molar-refractivity contribution in [1.29, 1.82) is 0 Å². The smallest absolute Gasteiger partial charge is 0.0291 e. The lowest BCUT2D eigenvalue weighted by molar-refractivity contribution is 0.258. The monoisotopic (exact) mass is 250 g/mol. The number of unbranched alkanes of at least 4 members (excludes halogenated alkanes) is 1. The Morgan fingerprint density at radius 3 is 2.33 bits per heavy atom. The lowest BCUT2D eigenvalue weighted by Crippen LogP contribution is -2.23. The molecule has 0 aromatic carbocycles.